The minimum absolute atomic E-state index is 0.956. The molecule has 10 heavy (non-hydrogen) atoms. The maximum Gasteiger partial charge on any atom is 0.0824 e. The third kappa shape index (κ3) is 2.39. The Balaban J connectivity index is 2.15. The summed E-state index contributed by atoms with van der Waals surface area (Å²) in [6.45, 7) is 0. The van der Waals surface area contributed by atoms with Crippen LogP contribution in [0, 0.1) is 0 Å². The number of unbranched alkanes of at least 4 members (excludes halogenated alkanes) is 1. The molecule has 3 nitrogen and oxygen atoms in total. The number of nitrogens with one attached hydrogen (secondary N) is 1. The van der Waals surface area contributed by atoms with Gasteiger partial charge >= 0.3 is 0 Å². The van der Waals surface area contributed by atoms with Crippen molar-refractivity contribution in [1.29, 1.82) is 0 Å². The summed E-state index contributed by atoms with van der Waals surface area (Å²) in [6.07, 6.45) is 5.07. The quantitative estimate of drug-likeness (QED) is 0.507. The number of rotatable bonds is 4. The molecule has 0 fully saturated rings. The maximum absolute atomic E-state index is 4.11. The molecule has 0 aromatic carbocycles. The molecule has 0 amide bonds. The molecule has 0 aliphatic rings. The molecule has 0 saturated heterocycles. The lowest BCUT2D eigenvalue weighted by molar-refractivity contribution is 0.777. The molecule has 56 valence electrons. The highest BCUT2D eigenvalue weighted by atomic mass is 32.1. The first-order valence-electron chi connectivity index (χ1n) is 3.39. The fraction of sp³-hybridized carbons (Fsp3) is 0.667. The molecule has 1 rings (SSSR count). The highest BCUT2D eigenvalue weighted by Crippen LogP contribution is 1.99. The summed E-state index contributed by atoms with van der Waals surface area (Å²) in [7, 11) is 0. The minimum Gasteiger partial charge on any atom is -0.198 e. The Kier molecular flexibility index (Phi) is 3.29. The Labute approximate surface area is 65.6 Å². The number of aromatic amines is 1. The Morgan fingerprint density at radius 2 is 2.40 bits per heavy atom. The Morgan fingerprint density at radius 1 is 1.50 bits per heavy atom. The van der Waals surface area contributed by atoms with Crippen LogP contribution in [0.2, 0.25) is 0 Å². The molecule has 0 radical (unpaired) electrons. The molecule has 1 aromatic heterocycles. The Morgan fingerprint density at radius 3 is 3.00 bits per heavy atom. The molecule has 4 heteroatoms. The second-order valence-electron chi connectivity index (χ2n) is 2.14. The van der Waals surface area contributed by atoms with Crippen LogP contribution < -0.4 is 0 Å². The average molecular weight is 157 g/mol. The lowest BCUT2D eigenvalue weighted by Crippen LogP contribution is -1.86. The van der Waals surface area contributed by atoms with E-state index in [0.717, 1.165) is 30.7 Å². The monoisotopic (exact) mass is 157 g/mol. The van der Waals surface area contributed by atoms with Crippen LogP contribution in [0.5, 0.6) is 0 Å². The molecule has 0 spiro atoms. The summed E-state index contributed by atoms with van der Waals surface area (Å²) in [5.74, 6) is 0.956. The van der Waals surface area contributed by atoms with Gasteiger partial charge in [0.1, 0.15) is 0 Å². The first-order valence-corrected chi connectivity index (χ1v) is 4.02. The van der Waals surface area contributed by atoms with E-state index in [0.29, 0.717) is 0 Å². The van der Waals surface area contributed by atoms with Crippen LogP contribution in [0.1, 0.15) is 18.5 Å². The zero-order valence-corrected chi connectivity index (χ0v) is 6.64. The van der Waals surface area contributed by atoms with Gasteiger partial charge in [-0.05, 0) is 25.0 Å². The second kappa shape index (κ2) is 4.33. The van der Waals surface area contributed by atoms with Crippen molar-refractivity contribution in [2.24, 2.45) is 0 Å². The van der Waals surface area contributed by atoms with Gasteiger partial charge in [-0.25, -0.2) is 0 Å². The maximum atomic E-state index is 4.11. The smallest absolute Gasteiger partial charge is 0.0824 e. The van der Waals surface area contributed by atoms with E-state index < -0.39 is 0 Å². The summed E-state index contributed by atoms with van der Waals surface area (Å²) in [6, 6.07) is 0. The predicted molar refractivity (Wildman–Crippen MR) is 43.2 cm³/mol. The molecule has 0 saturated carbocycles. The summed E-state index contributed by atoms with van der Waals surface area (Å²) in [5, 5.41) is 10.2. The van der Waals surface area contributed by atoms with Gasteiger partial charge in [0.05, 0.1) is 11.9 Å². The lowest BCUT2D eigenvalue weighted by Gasteiger charge is -1.91. The third-order valence-corrected chi connectivity index (χ3v) is 1.62. The average Bonchev–Trinajstić information content (AvgIpc) is 2.41. The fourth-order valence-electron chi connectivity index (χ4n) is 0.764. The molecular formula is C6H11N3S. The van der Waals surface area contributed by atoms with Crippen LogP contribution in [-0.4, -0.2) is 21.2 Å². The van der Waals surface area contributed by atoms with Crippen molar-refractivity contribution < 1.29 is 0 Å². The molecule has 0 aliphatic heterocycles. The van der Waals surface area contributed by atoms with Crippen molar-refractivity contribution in [1.82, 2.24) is 15.4 Å². The number of aryl methyl sites for hydroxylation is 1. The van der Waals surface area contributed by atoms with E-state index in [9.17, 15) is 0 Å². The molecule has 0 atom stereocenters. The molecule has 1 heterocycles. The highest BCUT2D eigenvalue weighted by Gasteiger charge is 1.93. The fourth-order valence-corrected chi connectivity index (χ4v) is 0.987. The van der Waals surface area contributed by atoms with Crippen molar-refractivity contribution in [3.63, 3.8) is 0 Å². The molecule has 0 unspecified atom stereocenters. The van der Waals surface area contributed by atoms with Crippen LogP contribution in [0.4, 0.5) is 0 Å². The first kappa shape index (κ1) is 7.60. The minimum atomic E-state index is 0.956. The second-order valence-corrected chi connectivity index (χ2v) is 2.59. The zero-order chi connectivity index (χ0) is 7.23. The Bertz CT molecular complexity index is 162. The van der Waals surface area contributed by atoms with Crippen LogP contribution in [0.15, 0.2) is 6.20 Å². The number of hydrogen-bond donors (Lipinski definition) is 2. The molecule has 0 aliphatic carbocycles. The van der Waals surface area contributed by atoms with Gasteiger partial charge in [-0.15, -0.1) is 0 Å². The van der Waals surface area contributed by atoms with Gasteiger partial charge in [0.2, 0.25) is 0 Å². The normalized spacial score (nSPS) is 10.1. The van der Waals surface area contributed by atoms with E-state index in [4.69, 9.17) is 0 Å². The van der Waals surface area contributed by atoms with Crippen LogP contribution in [0.3, 0.4) is 0 Å². The van der Waals surface area contributed by atoms with Crippen molar-refractivity contribution in [3.8, 4) is 0 Å². The van der Waals surface area contributed by atoms with Gasteiger partial charge in [-0.2, -0.15) is 28.0 Å². The molecular weight excluding hydrogens is 146 g/mol. The van der Waals surface area contributed by atoms with Crippen LogP contribution in [0.25, 0.3) is 0 Å². The van der Waals surface area contributed by atoms with Crippen LogP contribution >= 0.6 is 12.6 Å². The number of aromatic nitrogens is 3. The standard InChI is InChI=1S/C6H11N3S/c10-4-2-1-3-6-5-7-9-8-6/h5,10H,1-4H2,(H,7,8,9). The van der Waals surface area contributed by atoms with Gasteiger partial charge in [0.25, 0.3) is 0 Å². The predicted octanol–water partition coefficient (Wildman–Crippen LogP) is 1.06. The van der Waals surface area contributed by atoms with Crippen molar-refractivity contribution in [3.05, 3.63) is 11.9 Å². The van der Waals surface area contributed by atoms with Gasteiger partial charge in [-0.1, -0.05) is 0 Å². The molecule has 1 aromatic rings. The molecule has 0 bridgehead atoms. The zero-order valence-electron chi connectivity index (χ0n) is 5.75. The van der Waals surface area contributed by atoms with Gasteiger partial charge in [-0.3, -0.25) is 0 Å². The lowest BCUT2D eigenvalue weighted by atomic mass is 10.2. The summed E-state index contributed by atoms with van der Waals surface area (Å²) in [5.41, 5.74) is 1.04. The van der Waals surface area contributed by atoms with Gasteiger partial charge in [0, 0.05) is 0 Å². The van der Waals surface area contributed by atoms with Crippen LogP contribution in [-0.2, 0) is 6.42 Å². The third-order valence-electron chi connectivity index (χ3n) is 1.31. The SMILES string of the molecule is SCCCCc1cn[nH]n1. The summed E-state index contributed by atoms with van der Waals surface area (Å²) < 4.78 is 0. The highest BCUT2D eigenvalue weighted by molar-refractivity contribution is 7.80. The largest absolute Gasteiger partial charge is 0.198 e. The summed E-state index contributed by atoms with van der Waals surface area (Å²) >= 11 is 4.11. The number of nitrogens with zero attached hydrogens (tertiary/aromatic N) is 2. The number of hydrogen-bond acceptors (Lipinski definition) is 3. The topological polar surface area (TPSA) is 41.6 Å². The van der Waals surface area contributed by atoms with E-state index in [-0.39, 0.29) is 0 Å². The van der Waals surface area contributed by atoms with E-state index >= 15 is 0 Å². The number of thiol groups is 1. The van der Waals surface area contributed by atoms with Crippen molar-refractivity contribution in [2.45, 2.75) is 19.3 Å². The van der Waals surface area contributed by atoms with E-state index in [1.165, 1.54) is 0 Å². The van der Waals surface area contributed by atoms with Gasteiger partial charge < -0.3 is 0 Å². The van der Waals surface area contributed by atoms with E-state index in [2.05, 4.69) is 28.0 Å². The van der Waals surface area contributed by atoms with E-state index in [1.54, 1.807) is 6.20 Å². The van der Waals surface area contributed by atoms with Gasteiger partial charge in [0.15, 0.2) is 0 Å². The number of H-pyrrole nitrogens is 1. The van der Waals surface area contributed by atoms with Crippen molar-refractivity contribution in [2.75, 3.05) is 5.75 Å². The first-order chi connectivity index (χ1) is 4.93. The molecule has 1 N–H and O–H groups in total. The van der Waals surface area contributed by atoms with E-state index in [1.807, 2.05) is 0 Å². The Hall–Kier alpha value is -0.510. The van der Waals surface area contributed by atoms with Crippen molar-refractivity contribution >= 4 is 12.6 Å². The summed E-state index contributed by atoms with van der Waals surface area (Å²) in [4.78, 5) is 0.